The summed E-state index contributed by atoms with van der Waals surface area (Å²) >= 11 is 1.36. The van der Waals surface area contributed by atoms with Gasteiger partial charge in [-0.05, 0) is 44.0 Å². The van der Waals surface area contributed by atoms with Gasteiger partial charge < -0.3 is 19.4 Å². The fourth-order valence-electron chi connectivity index (χ4n) is 3.29. The standard InChI is InChI=1S/C16H18N2O3S/c19-16(17-13-9-18-6-3-11(13)4-7-18)14-1-2-15(22-14)21-12-5-8-20-10-12/h1-2,5,8,10-11,13H,3-4,6-7,9H2,(H,17,19)/t13-/m0/s1. The molecular formula is C16H18N2O3S. The molecule has 0 saturated carbocycles. The van der Waals surface area contributed by atoms with Crippen molar-refractivity contribution in [2.45, 2.75) is 18.9 Å². The minimum absolute atomic E-state index is 0.00536. The number of nitrogens with one attached hydrogen (secondary N) is 1. The first-order valence-electron chi connectivity index (χ1n) is 7.61. The third kappa shape index (κ3) is 2.76. The molecule has 1 amide bonds. The molecule has 0 unspecified atom stereocenters. The molecule has 0 radical (unpaired) electrons. The van der Waals surface area contributed by atoms with Crippen molar-refractivity contribution in [3.05, 3.63) is 35.6 Å². The van der Waals surface area contributed by atoms with Crippen molar-refractivity contribution in [1.82, 2.24) is 10.2 Å². The molecule has 22 heavy (non-hydrogen) atoms. The van der Waals surface area contributed by atoms with Crippen molar-refractivity contribution >= 4 is 17.2 Å². The van der Waals surface area contributed by atoms with Gasteiger partial charge in [-0.25, -0.2) is 0 Å². The molecule has 5 rings (SSSR count). The van der Waals surface area contributed by atoms with Crippen LogP contribution in [0.3, 0.4) is 0 Å². The van der Waals surface area contributed by atoms with Crippen molar-refractivity contribution < 1.29 is 13.9 Å². The van der Waals surface area contributed by atoms with Crippen LogP contribution in [0.25, 0.3) is 0 Å². The van der Waals surface area contributed by atoms with E-state index in [1.54, 1.807) is 12.3 Å². The monoisotopic (exact) mass is 318 g/mol. The minimum Gasteiger partial charge on any atom is -0.469 e. The lowest BCUT2D eigenvalue weighted by atomic mass is 9.84. The number of nitrogens with zero attached hydrogens (tertiary/aromatic N) is 1. The molecule has 6 heteroatoms. The average Bonchev–Trinajstić information content (AvgIpc) is 3.21. The lowest BCUT2D eigenvalue weighted by Gasteiger charge is -2.44. The summed E-state index contributed by atoms with van der Waals surface area (Å²) in [4.78, 5) is 15.5. The Morgan fingerprint density at radius 3 is 2.86 bits per heavy atom. The van der Waals surface area contributed by atoms with E-state index in [1.165, 1.54) is 43.5 Å². The lowest BCUT2D eigenvalue weighted by molar-refractivity contribution is 0.0622. The lowest BCUT2D eigenvalue weighted by Crippen LogP contribution is -2.57. The Labute approximate surface area is 132 Å². The molecule has 3 fully saturated rings. The van der Waals surface area contributed by atoms with Gasteiger partial charge in [-0.15, -0.1) is 0 Å². The van der Waals surface area contributed by atoms with Crippen molar-refractivity contribution in [1.29, 1.82) is 0 Å². The molecule has 0 spiro atoms. The molecule has 1 atom stereocenters. The second kappa shape index (κ2) is 5.78. The fraction of sp³-hybridized carbons (Fsp3) is 0.438. The molecule has 3 aliphatic rings. The van der Waals surface area contributed by atoms with Crippen LogP contribution < -0.4 is 10.1 Å². The maximum atomic E-state index is 12.4. The van der Waals surface area contributed by atoms with E-state index in [4.69, 9.17) is 9.15 Å². The van der Waals surface area contributed by atoms with Gasteiger partial charge >= 0.3 is 0 Å². The van der Waals surface area contributed by atoms with Gasteiger partial charge in [0.25, 0.3) is 5.91 Å². The van der Waals surface area contributed by atoms with Crippen LogP contribution >= 0.6 is 11.3 Å². The summed E-state index contributed by atoms with van der Waals surface area (Å²) in [5, 5.41) is 3.89. The molecule has 5 heterocycles. The number of amides is 1. The van der Waals surface area contributed by atoms with E-state index in [-0.39, 0.29) is 11.9 Å². The van der Waals surface area contributed by atoms with Crippen LogP contribution in [0.2, 0.25) is 0 Å². The summed E-state index contributed by atoms with van der Waals surface area (Å²) < 4.78 is 10.6. The predicted octanol–water partition coefficient (Wildman–Crippen LogP) is 2.96. The van der Waals surface area contributed by atoms with E-state index in [9.17, 15) is 4.79 Å². The third-order valence-corrected chi connectivity index (χ3v) is 5.45. The average molecular weight is 318 g/mol. The van der Waals surface area contributed by atoms with Crippen LogP contribution in [0, 0.1) is 5.92 Å². The van der Waals surface area contributed by atoms with Crippen LogP contribution in [0.15, 0.2) is 35.1 Å². The molecule has 0 aliphatic carbocycles. The van der Waals surface area contributed by atoms with E-state index in [1.807, 2.05) is 12.1 Å². The maximum absolute atomic E-state index is 12.4. The first-order chi connectivity index (χ1) is 10.8. The van der Waals surface area contributed by atoms with Crippen LogP contribution in [-0.2, 0) is 0 Å². The van der Waals surface area contributed by atoms with Gasteiger partial charge in [0.2, 0.25) is 0 Å². The molecule has 3 aliphatic heterocycles. The second-order valence-corrected chi connectivity index (χ2v) is 6.94. The highest BCUT2D eigenvalue weighted by Gasteiger charge is 2.35. The van der Waals surface area contributed by atoms with Crippen molar-refractivity contribution in [2.75, 3.05) is 19.6 Å². The zero-order valence-corrected chi connectivity index (χ0v) is 13.0. The van der Waals surface area contributed by atoms with E-state index in [0.717, 1.165) is 6.54 Å². The third-order valence-electron chi connectivity index (χ3n) is 4.49. The summed E-state index contributed by atoms with van der Waals surface area (Å²) in [6.45, 7) is 3.34. The number of rotatable bonds is 4. The number of thiophene rings is 1. The Bertz CT molecular complexity index is 644. The first-order valence-corrected chi connectivity index (χ1v) is 8.43. The SMILES string of the molecule is O=C(N[C@H]1CN2CCC1CC2)c1ccc(Oc2ccoc2)s1. The summed E-state index contributed by atoms with van der Waals surface area (Å²) in [5.41, 5.74) is 0. The Morgan fingerprint density at radius 1 is 1.32 bits per heavy atom. The Kier molecular flexibility index (Phi) is 3.63. The van der Waals surface area contributed by atoms with Crippen LogP contribution in [-0.4, -0.2) is 36.5 Å². The minimum atomic E-state index is 0.00536. The molecule has 5 nitrogen and oxygen atoms in total. The number of ether oxygens (including phenoxy) is 1. The number of carbonyl (C=O) groups is 1. The summed E-state index contributed by atoms with van der Waals surface area (Å²) in [5.74, 6) is 1.28. The number of hydrogen-bond acceptors (Lipinski definition) is 5. The number of hydrogen-bond donors (Lipinski definition) is 1. The number of carbonyl (C=O) groups excluding carboxylic acids is 1. The van der Waals surface area contributed by atoms with Gasteiger partial charge in [-0.1, -0.05) is 11.3 Å². The summed E-state index contributed by atoms with van der Waals surface area (Å²) in [7, 11) is 0. The summed E-state index contributed by atoms with van der Waals surface area (Å²) in [6.07, 6.45) is 5.49. The quantitative estimate of drug-likeness (QED) is 0.941. The molecule has 3 saturated heterocycles. The normalized spacial score (nSPS) is 26.8. The highest BCUT2D eigenvalue weighted by Crippen LogP contribution is 2.31. The van der Waals surface area contributed by atoms with Gasteiger partial charge in [0.05, 0.1) is 11.1 Å². The molecule has 0 aromatic carbocycles. The molecular weight excluding hydrogens is 300 g/mol. The zero-order valence-electron chi connectivity index (χ0n) is 12.2. The van der Waals surface area contributed by atoms with Crippen LogP contribution in [0.5, 0.6) is 10.8 Å². The van der Waals surface area contributed by atoms with Gasteiger partial charge in [0.15, 0.2) is 10.8 Å². The van der Waals surface area contributed by atoms with Crippen molar-refractivity contribution in [3.8, 4) is 10.8 Å². The largest absolute Gasteiger partial charge is 0.469 e. The van der Waals surface area contributed by atoms with Crippen molar-refractivity contribution in [2.24, 2.45) is 5.92 Å². The van der Waals surface area contributed by atoms with Gasteiger partial charge in [-0.2, -0.15) is 0 Å². The van der Waals surface area contributed by atoms with E-state index >= 15 is 0 Å². The molecule has 2 bridgehead atoms. The zero-order chi connectivity index (χ0) is 14.9. The van der Waals surface area contributed by atoms with Crippen LogP contribution in [0.1, 0.15) is 22.5 Å². The fourth-order valence-corrected chi connectivity index (χ4v) is 4.07. The second-order valence-electron chi connectivity index (χ2n) is 5.90. The Morgan fingerprint density at radius 2 is 2.18 bits per heavy atom. The molecule has 1 N–H and O–H groups in total. The van der Waals surface area contributed by atoms with E-state index in [0.29, 0.717) is 21.6 Å². The van der Waals surface area contributed by atoms with Gasteiger partial charge in [0.1, 0.15) is 6.26 Å². The highest BCUT2D eigenvalue weighted by atomic mass is 32.1. The predicted molar refractivity (Wildman–Crippen MR) is 83.5 cm³/mol. The molecule has 2 aromatic heterocycles. The topological polar surface area (TPSA) is 54.7 Å². The van der Waals surface area contributed by atoms with Crippen LogP contribution in [0.4, 0.5) is 0 Å². The Hall–Kier alpha value is -1.79. The van der Waals surface area contributed by atoms with E-state index in [2.05, 4.69) is 10.2 Å². The summed E-state index contributed by atoms with van der Waals surface area (Å²) in [6, 6.07) is 5.67. The van der Waals surface area contributed by atoms with Gasteiger partial charge in [-0.3, -0.25) is 4.79 Å². The first kappa shape index (κ1) is 13.8. The number of fused-ring (bicyclic) bond motifs is 3. The number of piperidine rings is 3. The number of furan rings is 1. The molecule has 116 valence electrons. The Balaban J connectivity index is 1.39. The smallest absolute Gasteiger partial charge is 0.261 e. The molecule has 2 aromatic rings. The van der Waals surface area contributed by atoms with E-state index < -0.39 is 0 Å². The van der Waals surface area contributed by atoms with Crippen molar-refractivity contribution in [3.63, 3.8) is 0 Å². The highest BCUT2D eigenvalue weighted by molar-refractivity contribution is 7.15. The maximum Gasteiger partial charge on any atom is 0.261 e. The van der Waals surface area contributed by atoms with Gasteiger partial charge in [0, 0.05) is 18.7 Å².